The Hall–Kier alpha value is -3.46. The molecular formula is C21H21N7OS. The highest BCUT2D eigenvalue weighted by atomic mass is 32.1. The molecule has 3 aromatic heterocycles. The second-order valence-electron chi connectivity index (χ2n) is 7.18. The molecule has 0 saturated carbocycles. The maximum atomic E-state index is 12.7. The maximum Gasteiger partial charge on any atom is 0.279 e. The number of carbonyl (C=O) groups excluding carboxylic acids is 1. The molecule has 4 aromatic rings. The van der Waals surface area contributed by atoms with E-state index in [9.17, 15) is 4.79 Å². The van der Waals surface area contributed by atoms with E-state index in [2.05, 4.69) is 56.8 Å². The minimum atomic E-state index is -0.355. The van der Waals surface area contributed by atoms with Crippen LogP contribution in [0.3, 0.4) is 0 Å². The molecule has 0 aliphatic rings. The summed E-state index contributed by atoms with van der Waals surface area (Å²) in [5.41, 5.74) is 4.21. The van der Waals surface area contributed by atoms with Gasteiger partial charge in [-0.1, -0.05) is 54.7 Å². The van der Waals surface area contributed by atoms with E-state index in [-0.39, 0.29) is 11.6 Å². The fourth-order valence-electron chi connectivity index (χ4n) is 2.94. The van der Waals surface area contributed by atoms with Gasteiger partial charge in [-0.05, 0) is 36.1 Å². The first-order valence-electron chi connectivity index (χ1n) is 9.55. The smallest absolute Gasteiger partial charge is 0.279 e. The molecule has 0 aliphatic heterocycles. The third-order valence-electron chi connectivity index (χ3n) is 4.75. The maximum absolute atomic E-state index is 12.7. The molecule has 0 aliphatic carbocycles. The number of anilines is 1. The van der Waals surface area contributed by atoms with Crippen LogP contribution in [0.2, 0.25) is 0 Å². The van der Waals surface area contributed by atoms with E-state index in [4.69, 9.17) is 0 Å². The first-order chi connectivity index (χ1) is 14.5. The molecule has 152 valence electrons. The Kier molecular flexibility index (Phi) is 5.62. The highest BCUT2D eigenvalue weighted by Crippen LogP contribution is 2.28. The second kappa shape index (κ2) is 8.50. The summed E-state index contributed by atoms with van der Waals surface area (Å²) < 4.78 is 1.69. The Morgan fingerprint density at radius 3 is 2.50 bits per heavy atom. The first kappa shape index (κ1) is 19.8. The van der Waals surface area contributed by atoms with Gasteiger partial charge in [-0.2, -0.15) is 0 Å². The van der Waals surface area contributed by atoms with Crippen molar-refractivity contribution in [3.63, 3.8) is 0 Å². The molecule has 30 heavy (non-hydrogen) atoms. The third kappa shape index (κ3) is 4.25. The lowest BCUT2D eigenvalue weighted by atomic mass is 10.0. The Balaban J connectivity index is 1.46. The summed E-state index contributed by atoms with van der Waals surface area (Å²) in [7, 11) is 0. The molecule has 3 heterocycles. The van der Waals surface area contributed by atoms with Crippen molar-refractivity contribution in [1.82, 2.24) is 30.2 Å². The van der Waals surface area contributed by atoms with Crippen molar-refractivity contribution in [1.29, 1.82) is 0 Å². The number of benzene rings is 1. The number of nitrogens with zero attached hydrogens (tertiary/aromatic N) is 6. The fraction of sp³-hybridized carbons (Fsp3) is 0.238. The minimum Gasteiger partial charge on any atom is -0.295 e. The molecule has 0 fully saturated rings. The van der Waals surface area contributed by atoms with Crippen LogP contribution in [-0.2, 0) is 6.54 Å². The second-order valence-corrected chi connectivity index (χ2v) is 8.16. The van der Waals surface area contributed by atoms with Crippen molar-refractivity contribution in [2.75, 3.05) is 5.32 Å². The van der Waals surface area contributed by atoms with Crippen LogP contribution in [0.1, 0.15) is 47.1 Å². The zero-order valence-electron chi connectivity index (χ0n) is 16.9. The lowest BCUT2D eigenvalue weighted by Gasteiger charge is -2.04. The summed E-state index contributed by atoms with van der Waals surface area (Å²) in [4.78, 5) is 16.7. The normalized spacial score (nSPS) is 11.1. The van der Waals surface area contributed by atoms with Crippen molar-refractivity contribution in [3.05, 3.63) is 71.3 Å². The van der Waals surface area contributed by atoms with Crippen LogP contribution in [0.4, 0.5) is 5.13 Å². The number of pyridine rings is 1. The zero-order chi connectivity index (χ0) is 21.1. The van der Waals surface area contributed by atoms with E-state index in [1.165, 1.54) is 16.9 Å². The summed E-state index contributed by atoms with van der Waals surface area (Å²) in [6.07, 6.45) is 3.44. The van der Waals surface area contributed by atoms with Crippen LogP contribution >= 0.6 is 11.3 Å². The van der Waals surface area contributed by atoms with Crippen molar-refractivity contribution in [3.8, 4) is 10.6 Å². The van der Waals surface area contributed by atoms with Gasteiger partial charge in [-0.15, -0.1) is 15.3 Å². The molecule has 1 aromatic carbocycles. The lowest BCUT2D eigenvalue weighted by molar-refractivity contribution is 0.102. The van der Waals surface area contributed by atoms with Gasteiger partial charge in [-0.3, -0.25) is 15.1 Å². The van der Waals surface area contributed by atoms with E-state index in [1.807, 2.05) is 31.2 Å². The Bertz CT molecular complexity index is 1150. The number of carbonyl (C=O) groups is 1. The van der Waals surface area contributed by atoms with Gasteiger partial charge in [-0.25, -0.2) is 4.68 Å². The lowest BCUT2D eigenvalue weighted by Crippen LogP contribution is -2.14. The van der Waals surface area contributed by atoms with Crippen LogP contribution in [-0.4, -0.2) is 36.1 Å². The molecule has 0 saturated heterocycles. The quantitative estimate of drug-likeness (QED) is 0.508. The molecule has 0 spiro atoms. The zero-order valence-corrected chi connectivity index (χ0v) is 17.7. The number of nitrogens with one attached hydrogen (secondary N) is 1. The number of hydrogen-bond donors (Lipinski definition) is 1. The van der Waals surface area contributed by atoms with E-state index < -0.39 is 0 Å². The Morgan fingerprint density at radius 2 is 1.80 bits per heavy atom. The van der Waals surface area contributed by atoms with Crippen molar-refractivity contribution in [2.45, 2.75) is 33.2 Å². The fourth-order valence-corrected chi connectivity index (χ4v) is 3.68. The van der Waals surface area contributed by atoms with Crippen LogP contribution in [0.15, 0.2) is 48.8 Å². The largest absolute Gasteiger partial charge is 0.295 e. The molecule has 0 radical (unpaired) electrons. The highest BCUT2D eigenvalue weighted by Gasteiger charge is 2.19. The molecule has 9 heteroatoms. The number of amides is 1. The summed E-state index contributed by atoms with van der Waals surface area (Å²) in [5.74, 6) is 0.116. The van der Waals surface area contributed by atoms with Gasteiger partial charge in [0.05, 0.1) is 12.2 Å². The van der Waals surface area contributed by atoms with Crippen molar-refractivity contribution < 1.29 is 4.79 Å². The van der Waals surface area contributed by atoms with Crippen LogP contribution in [0.25, 0.3) is 10.6 Å². The third-order valence-corrected chi connectivity index (χ3v) is 5.64. The number of aromatic nitrogens is 6. The van der Waals surface area contributed by atoms with Gasteiger partial charge in [0.25, 0.3) is 5.91 Å². The van der Waals surface area contributed by atoms with Crippen LogP contribution in [0.5, 0.6) is 0 Å². The van der Waals surface area contributed by atoms with Crippen molar-refractivity contribution >= 4 is 22.4 Å². The molecule has 1 amide bonds. The standard InChI is InChI=1S/C21H21N7OS/c1-13(2)16-4-6-17(7-5-16)20-25-26-21(30-20)23-19(29)18-14(3)28(27-24-18)12-15-8-10-22-11-9-15/h4-11,13H,12H2,1-3H3,(H,23,26,29). The average Bonchev–Trinajstić information content (AvgIpc) is 3.36. The number of rotatable bonds is 6. The van der Waals surface area contributed by atoms with Gasteiger partial charge in [0, 0.05) is 18.0 Å². The van der Waals surface area contributed by atoms with E-state index in [1.54, 1.807) is 17.1 Å². The molecule has 4 rings (SSSR count). The van der Waals surface area contributed by atoms with E-state index in [0.717, 1.165) is 16.1 Å². The topological polar surface area (TPSA) is 98.5 Å². The molecule has 1 N–H and O–H groups in total. The molecule has 0 atom stereocenters. The first-order valence-corrected chi connectivity index (χ1v) is 10.4. The van der Waals surface area contributed by atoms with Gasteiger partial charge < -0.3 is 0 Å². The summed E-state index contributed by atoms with van der Waals surface area (Å²) in [6, 6.07) is 12.0. The molecule has 0 unspecified atom stereocenters. The van der Waals surface area contributed by atoms with Crippen molar-refractivity contribution in [2.24, 2.45) is 0 Å². The summed E-state index contributed by atoms with van der Waals surface area (Å²) in [5, 5.41) is 20.4. The Morgan fingerprint density at radius 1 is 1.07 bits per heavy atom. The van der Waals surface area contributed by atoms with Gasteiger partial charge in [0.1, 0.15) is 5.01 Å². The molecule has 8 nitrogen and oxygen atoms in total. The minimum absolute atomic E-state index is 0.266. The van der Waals surface area contributed by atoms with Crippen LogP contribution < -0.4 is 5.32 Å². The van der Waals surface area contributed by atoms with Gasteiger partial charge in [0.2, 0.25) is 5.13 Å². The monoisotopic (exact) mass is 419 g/mol. The van der Waals surface area contributed by atoms with E-state index in [0.29, 0.717) is 23.3 Å². The van der Waals surface area contributed by atoms with Gasteiger partial charge in [0.15, 0.2) is 5.69 Å². The predicted octanol–water partition coefficient (Wildman–Crippen LogP) is 3.92. The van der Waals surface area contributed by atoms with Gasteiger partial charge >= 0.3 is 0 Å². The highest BCUT2D eigenvalue weighted by molar-refractivity contribution is 7.18. The number of hydrogen-bond acceptors (Lipinski definition) is 7. The average molecular weight is 420 g/mol. The van der Waals surface area contributed by atoms with E-state index >= 15 is 0 Å². The summed E-state index contributed by atoms with van der Waals surface area (Å²) >= 11 is 1.32. The Labute approximate surface area is 178 Å². The summed E-state index contributed by atoms with van der Waals surface area (Å²) in [6.45, 7) is 6.65. The predicted molar refractivity (Wildman–Crippen MR) is 115 cm³/mol. The SMILES string of the molecule is Cc1c(C(=O)Nc2nnc(-c3ccc(C(C)C)cc3)s2)nnn1Cc1ccncc1. The molecule has 0 bridgehead atoms. The van der Waals surface area contributed by atoms with Crippen LogP contribution in [0, 0.1) is 6.92 Å². The molecular weight excluding hydrogens is 398 g/mol.